The number of hydrogen-bond acceptors (Lipinski definition) is 4. The van der Waals surface area contributed by atoms with Gasteiger partial charge in [0.15, 0.2) is 0 Å². The molecule has 1 heterocycles. The minimum absolute atomic E-state index is 0.0363. The van der Waals surface area contributed by atoms with Crippen molar-refractivity contribution in [2.45, 2.75) is 19.4 Å². The first-order chi connectivity index (χ1) is 5.83. The summed E-state index contributed by atoms with van der Waals surface area (Å²) in [6.07, 6.45) is 0.467. The maximum atomic E-state index is 10.8. The van der Waals surface area contributed by atoms with Gasteiger partial charge in [0.25, 0.3) is 0 Å². The first-order valence-corrected chi connectivity index (χ1v) is 4.31. The second-order valence-electron chi connectivity index (χ2n) is 2.73. The quantitative estimate of drug-likeness (QED) is 0.607. The molecule has 0 amide bonds. The summed E-state index contributed by atoms with van der Waals surface area (Å²) in [5.41, 5.74) is 0. The summed E-state index contributed by atoms with van der Waals surface area (Å²) < 4.78 is 10.3. The van der Waals surface area contributed by atoms with Crippen molar-refractivity contribution in [1.29, 1.82) is 0 Å². The van der Waals surface area contributed by atoms with E-state index in [1.165, 1.54) is 0 Å². The number of hydrogen-bond donors (Lipinski definition) is 1. The van der Waals surface area contributed by atoms with Gasteiger partial charge in [-0.1, -0.05) is 6.92 Å². The van der Waals surface area contributed by atoms with Crippen molar-refractivity contribution in [1.82, 2.24) is 5.32 Å². The highest BCUT2D eigenvalue weighted by atomic mass is 16.6. The average Bonchev–Trinajstić information content (AvgIpc) is 2.16. The van der Waals surface area contributed by atoms with Crippen LogP contribution in [0.15, 0.2) is 0 Å². The van der Waals surface area contributed by atoms with Crippen LogP contribution >= 0.6 is 0 Å². The molecule has 0 aliphatic carbocycles. The van der Waals surface area contributed by atoms with Crippen LogP contribution in [0.2, 0.25) is 0 Å². The molecule has 0 aromatic heterocycles. The lowest BCUT2D eigenvalue weighted by Crippen LogP contribution is -2.41. The summed E-state index contributed by atoms with van der Waals surface area (Å²) in [6, 6.07) is 0. The Morgan fingerprint density at radius 2 is 2.58 bits per heavy atom. The van der Waals surface area contributed by atoms with E-state index in [4.69, 9.17) is 9.47 Å². The first kappa shape index (κ1) is 9.48. The van der Waals surface area contributed by atoms with E-state index >= 15 is 0 Å². The minimum atomic E-state index is -0.163. The van der Waals surface area contributed by atoms with Crippen molar-refractivity contribution in [3.8, 4) is 0 Å². The van der Waals surface area contributed by atoms with Gasteiger partial charge >= 0.3 is 5.97 Å². The van der Waals surface area contributed by atoms with Crippen LogP contribution < -0.4 is 5.32 Å². The molecular weight excluding hydrogens is 158 g/mol. The van der Waals surface area contributed by atoms with E-state index in [1.54, 1.807) is 6.92 Å². The second kappa shape index (κ2) is 5.11. The molecule has 1 atom stereocenters. The Balaban J connectivity index is 2.09. The Hall–Kier alpha value is -0.610. The summed E-state index contributed by atoms with van der Waals surface area (Å²) in [5.74, 6) is -0.163. The molecule has 0 unspecified atom stereocenters. The minimum Gasteiger partial charge on any atom is -0.463 e. The zero-order chi connectivity index (χ0) is 8.81. The third-order valence-corrected chi connectivity index (χ3v) is 1.72. The number of carbonyl (C=O) groups excluding carboxylic acids is 1. The lowest BCUT2D eigenvalue weighted by Gasteiger charge is -2.22. The molecule has 1 saturated heterocycles. The zero-order valence-corrected chi connectivity index (χ0v) is 7.34. The molecule has 0 aromatic rings. The Bertz CT molecular complexity index is 143. The number of esters is 1. The summed E-state index contributed by atoms with van der Waals surface area (Å²) in [7, 11) is 0. The van der Waals surface area contributed by atoms with Gasteiger partial charge in [-0.3, -0.25) is 4.79 Å². The van der Waals surface area contributed by atoms with Crippen molar-refractivity contribution in [3.05, 3.63) is 0 Å². The zero-order valence-electron chi connectivity index (χ0n) is 7.34. The Labute approximate surface area is 72.2 Å². The largest absolute Gasteiger partial charge is 0.463 e. The fourth-order valence-electron chi connectivity index (χ4n) is 1.01. The van der Waals surface area contributed by atoms with Gasteiger partial charge in [-0.2, -0.15) is 0 Å². The highest BCUT2D eigenvalue weighted by molar-refractivity contribution is 5.68. The fraction of sp³-hybridized carbons (Fsp3) is 0.875. The molecule has 0 radical (unpaired) electrons. The smallest absolute Gasteiger partial charge is 0.305 e. The SMILES string of the molecule is CCC(=O)OC[C@H]1CNCCO1. The number of carbonyl (C=O) groups is 1. The monoisotopic (exact) mass is 173 g/mol. The van der Waals surface area contributed by atoms with E-state index in [-0.39, 0.29) is 12.1 Å². The third kappa shape index (κ3) is 3.19. The van der Waals surface area contributed by atoms with Crippen molar-refractivity contribution >= 4 is 5.97 Å². The molecule has 70 valence electrons. The molecule has 1 aliphatic heterocycles. The highest BCUT2D eigenvalue weighted by Crippen LogP contribution is 1.97. The van der Waals surface area contributed by atoms with Gasteiger partial charge in [0.05, 0.1) is 6.61 Å². The topological polar surface area (TPSA) is 47.6 Å². The Morgan fingerprint density at radius 3 is 3.17 bits per heavy atom. The molecule has 1 aliphatic rings. The van der Waals surface area contributed by atoms with E-state index in [0.29, 0.717) is 19.6 Å². The van der Waals surface area contributed by atoms with E-state index in [2.05, 4.69) is 5.32 Å². The average molecular weight is 173 g/mol. The predicted octanol–water partition coefficient (Wildman–Crippen LogP) is -0.0720. The van der Waals surface area contributed by atoms with Crippen LogP contribution in [0.3, 0.4) is 0 Å². The molecule has 0 saturated carbocycles. The van der Waals surface area contributed by atoms with Gasteiger partial charge in [-0.25, -0.2) is 0 Å². The van der Waals surface area contributed by atoms with Crippen LogP contribution in [0.5, 0.6) is 0 Å². The van der Waals surface area contributed by atoms with Crippen LogP contribution in [-0.4, -0.2) is 38.4 Å². The molecule has 0 spiro atoms. The molecule has 12 heavy (non-hydrogen) atoms. The summed E-state index contributed by atoms with van der Waals surface area (Å²) in [6.45, 7) is 4.52. The molecule has 4 nitrogen and oxygen atoms in total. The highest BCUT2D eigenvalue weighted by Gasteiger charge is 2.14. The third-order valence-electron chi connectivity index (χ3n) is 1.72. The molecular formula is C8H15NO3. The number of rotatable bonds is 3. The lowest BCUT2D eigenvalue weighted by atomic mass is 10.3. The summed E-state index contributed by atoms with van der Waals surface area (Å²) in [4.78, 5) is 10.8. The van der Waals surface area contributed by atoms with E-state index in [1.807, 2.05) is 0 Å². The van der Waals surface area contributed by atoms with Crippen LogP contribution in [0.25, 0.3) is 0 Å². The van der Waals surface area contributed by atoms with Crippen molar-refractivity contribution in [2.24, 2.45) is 0 Å². The maximum absolute atomic E-state index is 10.8. The standard InChI is InChI=1S/C8H15NO3/c1-2-8(10)12-6-7-5-9-3-4-11-7/h7,9H,2-6H2,1H3/t7-/m1/s1. The molecule has 0 aromatic carbocycles. The number of morpholine rings is 1. The Morgan fingerprint density at radius 1 is 1.75 bits per heavy atom. The number of nitrogens with one attached hydrogen (secondary N) is 1. The first-order valence-electron chi connectivity index (χ1n) is 4.31. The maximum Gasteiger partial charge on any atom is 0.305 e. The summed E-state index contributed by atoms with van der Waals surface area (Å²) >= 11 is 0. The fourth-order valence-corrected chi connectivity index (χ4v) is 1.01. The van der Waals surface area contributed by atoms with E-state index < -0.39 is 0 Å². The van der Waals surface area contributed by atoms with Crippen molar-refractivity contribution in [3.63, 3.8) is 0 Å². The van der Waals surface area contributed by atoms with Gasteiger partial charge < -0.3 is 14.8 Å². The number of ether oxygens (including phenoxy) is 2. The van der Waals surface area contributed by atoms with Gasteiger partial charge in [0.2, 0.25) is 0 Å². The van der Waals surface area contributed by atoms with Crippen LogP contribution in [-0.2, 0) is 14.3 Å². The Kier molecular flexibility index (Phi) is 4.04. The van der Waals surface area contributed by atoms with Gasteiger partial charge in [0, 0.05) is 19.5 Å². The predicted molar refractivity (Wildman–Crippen MR) is 43.9 cm³/mol. The van der Waals surface area contributed by atoms with Gasteiger partial charge in [0.1, 0.15) is 12.7 Å². The van der Waals surface area contributed by atoms with Crippen LogP contribution in [0, 0.1) is 0 Å². The second-order valence-corrected chi connectivity index (χ2v) is 2.73. The van der Waals surface area contributed by atoms with E-state index in [9.17, 15) is 4.79 Å². The van der Waals surface area contributed by atoms with Gasteiger partial charge in [-0.15, -0.1) is 0 Å². The normalized spacial score (nSPS) is 23.6. The molecule has 4 heteroatoms. The molecule has 0 bridgehead atoms. The molecule has 1 rings (SSSR count). The van der Waals surface area contributed by atoms with Crippen molar-refractivity contribution < 1.29 is 14.3 Å². The van der Waals surface area contributed by atoms with Crippen LogP contribution in [0.1, 0.15) is 13.3 Å². The summed E-state index contributed by atoms with van der Waals surface area (Å²) in [5, 5.41) is 3.16. The molecule has 1 fully saturated rings. The van der Waals surface area contributed by atoms with Gasteiger partial charge in [-0.05, 0) is 0 Å². The van der Waals surface area contributed by atoms with E-state index in [0.717, 1.165) is 13.1 Å². The van der Waals surface area contributed by atoms with Crippen LogP contribution in [0.4, 0.5) is 0 Å². The lowest BCUT2D eigenvalue weighted by molar-refractivity contribution is -0.148. The molecule has 1 N–H and O–H groups in total. The van der Waals surface area contributed by atoms with Crippen molar-refractivity contribution in [2.75, 3.05) is 26.3 Å².